The summed E-state index contributed by atoms with van der Waals surface area (Å²) in [6, 6.07) is 6.42. The van der Waals surface area contributed by atoms with Gasteiger partial charge in [0.2, 0.25) is 15.9 Å². The number of carbonyl (C=O) groups excluding carboxylic acids is 1. The Morgan fingerprint density at radius 3 is 2.75 bits per heavy atom. The van der Waals surface area contributed by atoms with E-state index in [2.05, 4.69) is 23.5 Å². The monoisotopic (exact) mass is 350 g/mol. The number of carbonyl (C=O) groups is 1. The van der Waals surface area contributed by atoms with Crippen molar-refractivity contribution in [3.8, 4) is 0 Å². The third-order valence-electron chi connectivity index (χ3n) is 5.21. The summed E-state index contributed by atoms with van der Waals surface area (Å²) < 4.78 is 24.8. The Balaban J connectivity index is 1.63. The second-order valence-electron chi connectivity index (χ2n) is 7.07. The molecule has 1 aliphatic heterocycles. The minimum Gasteiger partial charge on any atom is -0.349 e. The van der Waals surface area contributed by atoms with Crippen LogP contribution in [-0.4, -0.2) is 38.0 Å². The Bertz CT molecular complexity index is 730. The molecular formula is C18H26N2O3S. The van der Waals surface area contributed by atoms with Crippen molar-refractivity contribution in [3.63, 3.8) is 0 Å². The third-order valence-corrected chi connectivity index (χ3v) is 6.47. The van der Waals surface area contributed by atoms with Gasteiger partial charge in [-0.1, -0.05) is 18.2 Å². The van der Waals surface area contributed by atoms with Gasteiger partial charge in [-0.15, -0.1) is 0 Å². The molecule has 1 aromatic carbocycles. The summed E-state index contributed by atoms with van der Waals surface area (Å²) in [5.41, 5.74) is 3.95. The van der Waals surface area contributed by atoms with Gasteiger partial charge in [0.1, 0.15) is 0 Å². The van der Waals surface area contributed by atoms with Gasteiger partial charge in [-0.2, -0.15) is 0 Å². The fourth-order valence-electron chi connectivity index (χ4n) is 3.73. The molecule has 24 heavy (non-hydrogen) atoms. The summed E-state index contributed by atoms with van der Waals surface area (Å²) in [5.74, 6) is -0.304. The zero-order valence-electron chi connectivity index (χ0n) is 14.4. The second-order valence-corrected chi connectivity index (χ2v) is 9.05. The van der Waals surface area contributed by atoms with Gasteiger partial charge in [0.05, 0.1) is 18.2 Å². The molecule has 0 unspecified atom stereocenters. The van der Waals surface area contributed by atoms with Crippen molar-refractivity contribution in [3.05, 3.63) is 34.9 Å². The summed E-state index contributed by atoms with van der Waals surface area (Å²) in [7, 11) is -3.23. The van der Waals surface area contributed by atoms with Crippen LogP contribution < -0.4 is 5.32 Å². The van der Waals surface area contributed by atoms with Gasteiger partial charge in [0.15, 0.2) is 0 Å². The molecule has 1 saturated heterocycles. The van der Waals surface area contributed by atoms with Crippen LogP contribution in [0.5, 0.6) is 0 Å². The molecule has 0 radical (unpaired) electrons. The summed E-state index contributed by atoms with van der Waals surface area (Å²) in [6.45, 7) is 2.80. The van der Waals surface area contributed by atoms with Gasteiger partial charge < -0.3 is 5.32 Å². The first-order valence-corrected chi connectivity index (χ1v) is 10.6. The van der Waals surface area contributed by atoms with Gasteiger partial charge in [-0.3, -0.25) is 4.79 Å². The van der Waals surface area contributed by atoms with Gasteiger partial charge in [-0.25, -0.2) is 12.7 Å². The fraction of sp³-hybridized carbons (Fsp3) is 0.611. The van der Waals surface area contributed by atoms with E-state index < -0.39 is 10.0 Å². The molecule has 1 fully saturated rings. The van der Waals surface area contributed by atoms with Crippen molar-refractivity contribution in [2.45, 2.75) is 45.1 Å². The van der Waals surface area contributed by atoms with Crippen molar-refractivity contribution in [1.29, 1.82) is 0 Å². The lowest BCUT2D eigenvalue weighted by Crippen LogP contribution is -2.45. The highest BCUT2D eigenvalue weighted by molar-refractivity contribution is 7.88. The average Bonchev–Trinajstić information content (AvgIpc) is 3.01. The van der Waals surface area contributed by atoms with Crippen LogP contribution in [0.3, 0.4) is 0 Å². The lowest BCUT2D eigenvalue weighted by atomic mass is 9.97. The molecule has 132 valence electrons. The maximum Gasteiger partial charge on any atom is 0.224 e. The molecule has 1 aliphatic carbocycles. The smallest absolute Gasteiger partial charge is 0.224 e. The van der Waals surface area contributed by atoms with E-state index >= 15 is 0 Å². The molecule has 3 rings (SSSR count). The first-order valence-electron chi connectivity index (χ1n) is 8.72. The number of sulfonamides is 1. The highest BCUT2D eigenvalue weighted by atomic mass is 32.2. The van der Waals surface area contributed by atoms with Crippen LogP contribution in [0.4, 0.5) is 0 Å². The first-order chi connectivity index (χ1) is 11.3. The van der Waals surface area contributed by atoms with Crippen LogP contribution in [0.2, 0.25) is 0 Å². The zero-order valence-corrected chi connectivity index (χ0v) is 15.2. The number of benzene rings is 1. The number of rotatable bonds is 4. The van der Waals surface area contributed by atoms with Crippen LogP contribution in [0.25, 0.3) is 0 Å². The first kappa shape index (κ1) is 17.4. The summed E-state index contributed by atoms with van der Waals surface area (Å²) in [4.78, 5) is 12.6. The van der Waals surface area contributed by atoms with Crippen LogP contribution in [0.1, 0.15) is 48.9 Å². The van der Waals surface area contributed by atoms with Crippen molar-refractivity contribution >= 4 is 15.9 Å². The molecule has 1 amide bonds. The third kappa shape index (κ3) is 3.81. The Hall–Kier alpha value is -1.40. The molecule has 2 aliphatic rings. The van der Waals surface area contributed by atoms with Crippen LogP contribution in [-0.2, 0) is 27.7 Å². The van der Waals surface area contributed by atoms with Crippen molar-refractivity contribution in [2.75, 3.05) is 19.3 Å². The molecule has 0 bridgehead atoms. The standard InChI is InChI=1S/C18H26N2O3S/c1-13(15-9-8-14-5-3-6-16(14)11-15)19-18(21)17-7-4-10-20(12-17)24(2,22)23/h8-9,11,13,17H,3-7,10,12H2,1-2H3,(H,19,21)/t13-,17-/m0/s1. The number of piperidine rings is 1. The molecule has 1 aromatic rings. The van der Waals surface area contributed by atoms with Crippen molar-refractivity contribution < 1.29 is 13.2 Å². The number of fused-ring (bicyclic) bond motifs is 1. The summed E-state index contributed by atoms with van der Waals surface area (Å²) in [6.07, 6.45) is 6.17. The van der Waals surface area contributed by atoms with Gasteiger partial charge in [-0.05, 0) is 55.7 Å². The lowest BCUT2D eigenvalue weighted by molar-refractivity contribution is -0.126. The molecule has 0 aromatic heterocycles. The number of hydrogen-bond acceptors (Lipinski definition) is 3. The Morgan fingerprint density at radius 1 is 1.25 bits per heavy atom. The van der Waals surface area contributed by atoms with E-state index in [-0.39, 0.29) is 17.9 Å². The van der Waals surface area contributed by atoms with E-state index in [0.717, 1.165) is 31.2 Å². The average molecular weight is 350 g/mol. The molecule has 1 heterocycles. The van der Waals surface area contributed by atoms with Crippen LogP contribution in [0, 0.1) is 5.92 Å². The molecule has 0 spiro atoms. The van der Waals surface area contributed by atoms with Gasteiger partial charge in [0, 0.05) is 13.1 Å². The molecular weight excluding hydrogens is 324 g/mol. The highest BCUT2D eigenvalue weighted by Crippen LogP contribution is 2.26. The largest absolute Gasteiger partial charge is 0.349 e. The molecule has 5 nitrogen and oxygen atoms in total. The van der Waals surface area contributed by atoms with E-state index in [9.17, 15) is 13.2 Å². The van der Waals surface area contributed by atoms with Crippen molar-refractivity contribution in [1.82, 2.24) is 9.62 Å². The molecule has 1 N–H and O–H groups in total. The van der Waals surface area contributed by atoms with Gasteiger partial charge in [0.25, 0.3) is 0 Å². The Labute approximate surface area is 144 Å². The fourth-order valence-corrected chi connectivity index (χ4v) is 4.64. The number of nitrogens with one attached hydrogen (secondary N) is 1. The van der Waals surface area contributed by atoms with Crippen LogP contribution >= 0.6 is 0 Å². The SMILES string of the molecule is C[C@H](NC(=O)[C@H]1CCCN(S(C)(=O)=O)C1)c1ccc2c(c1)CCC2. The van der Waals surface area contributed by atoms with E-state index in [1.54, 1.807) is 0 Å². The Kier molecular flexibility index (Phi) is 4.97. The Morgan fingerprint density at radius 2 is 2.00 bits per heavy atom. The second kappa shape index (κ2) is 6.84. The minimum atomic E-state index is -3.23. The zero-order chi connectivity index (χ0) is 17.3. The molecule has 0 saturated carbocycles. The number of nitrogens with zero attached hydrogens (tertiary/aromatic N) is 1. The topological polar surface area (TPSA) is 66.5 Å². The molecule has 6 heteroatoms. The molecule has 2 atom stereocenters. The quantitative estimate of drug-likeness (QED) is 0.903. The van der Waals surface area contributed by atoms with E-state index in [1.165, 1.54) is 28.1 Å². The summed E-state index contributed by atoms with van der Waals surface area (Å²) in [5, 5.41) is 3.07. The predicted molar refractivity (Wildman–Crippen MR) is 94.2 cm³/mol. The number of amides is 1. The minimum absolute atomic E-state index is 0.0450. The van der Waals surface area contributed by atoms with Gasteiger partial charge >= 0.3 is 0 Å². The van der Waals surface area contributed by atoms with E-state index in [1.807, 2.05) is 6.92 Å². The highest BCUT2D eigenvalue weighted by Gasteiger charge is 2.30. The number of aryl methyl sites for hydroxylation is 2. The van der Waals surface area contributed by atoms with Crippen molar-refractivity contribution in [2.24, 2.45) is 5.92 Å². The van der Waals surface area contributed by atoms with E-state index in [4.69, 9.17) is 0 Å². The maximum atomic E-state index is 12.6. The normalized spacial score (nSPS) is 22.8. The van der Waals surface area contributed by atoms with E-state index in [0.29, 0.717) is 13.1 Å². The summed E-state index contributed by atoms with van der Waals surface area (Å²) >= 11 is 0. The maximum absolute atomic E-state index is 12.6. The predicted octanol–water partition coefficient (Wildman–Crippen LogP) is 2.02. The number of hydrogen-bond donors (Lipinski definition) is 1. The van der Waals surface area contributed by atoms with Crippen LogP contribution in [0.15, 0.2) is 18.2 Å². The lowest BCUT2D eigenvalue weighted by Gasteiger charge is -2.31.